The van der Waals surface area contributed by atoms with Crippen molar-refractivity contribution in [3.63, 3.8) is 0 Å². The Morgan fingerprint density at radius 3 is 2.67 bits per heavy atom. The van der Waals surface area contributed by atoms with Crippen LogP contribution in [0.15, 0.2) is 12.1 Å². The molecule has 1 fully saturated rings. The highest BCUT2D eigenvalue weighted by molar-refractivity contribution is 5.51. The van der Waals surface area contributed by atoms with Gasteiger partial charge in [0.1, 0.15) is 19.0 Å². The van der Waals surface area contributed by atoms with Crippen molar-refractivity contribution < 1.29 is 14.6 Å². The first-order valence-electron chi connectivity index (χ1n) is 6.68. The minimum absolute atomic E-state index is 0.312. The first-order chi connectivity index (χ1) is 8.83. The van der Waals surface area contributed by atoms with Crippen LogP contribution >= 0.6 is 0 Å². The fraction of sp³-hybridized carbons (Fsp3) is 0.571. The highest BCUT2D eigenvalue weighted by Gasteiger charge is 2.19. The van der Waals surface area contributed by atoms with Gasteiger partial charge in [0.2, 0.25) is 0 Å². The Kier molecular flexibility index (Phi) is 3.28. The summed E-state index contributed by atoms with van der Waals surface area (Å²) in [6.45, 7) is 2.21. The van der Waals surface area contributed by atoms with Crippen molar-refractivity contribution in [3.05, 3.63) is 17.7 Å². The SMILES string of the molecule is Oc1cc2c(cc1CC1CCCCN1)OCCO2. The van der Waals surface area contributed by atoms with Crippen molar-refractivity contribution in [1.82, 2.24) is 5.32 Å². The molecule has 1 aromatic carbocycles. The molecule has 0 aromatic heterocycles. The van der Waals surface area contributed by atoms with Crippen LogP contribution in [0.1, 0.15) is 24.8 Å². The summed E-state index contributed by atoms with van der Waals surface area (Å²) in [6, 6.07) is 4.06. The summed E-state index contributed by atoms with van der Waals surface area (Å²) in [4.78, 5) is 0. The molecule has 4 heteroatoms. The molecule has 1 saturated heterocycles. The molecule has 0 aliphatic carbocycles. The molecule has 1 atom stereocenters. The number of rotatable bonds is 2. The van der Waals surface area contributed by atoms with E-state index in [2.05, 4.69) is 5.32 Å². The van der Waals surface area contributed by atoms with Crippen molar-refractivity contribution in [2.45, 2.75) is 31.7 Å². The molecule has 1 unspecified atom stereocenters. The number of hydrogen-bond acceptors (Lipinski definition) is 4. The van der Waals surface area contributed by atoms with Gasteiger partial charge in [0.15, 0.2) is 11.5 Å². The molecule has 4 nitrogen and oxygen atoms in total. The van der Waals surface area contributed by atoms with E-state index in [1.54, 1.807) is 6.07 Å². The number of nitrogens with one attached hydrogen (secondary N) is 1. The van der Waals surface area contributed by atoms with E-state index in [4.69, 9.17) is 9.47 Å². The summed E-state index contributed by atoms with van der Waals surface area (Å²) >= 11 is 0. The van der Waals surface area contributed by atoms with E-state index in [9.17, 15) is 5.11 Å². The summed E-state index contributed by atoms with van der Waals surface area (Å²) in [6.07, 6.45) is 4.54. The smallest absolute Gasteiger partial charge is 0.165 e. The van der Waals surface area contributed by atoms with Gasteiger partial charge in [0, 0.05) is 12.1 Å². The van der Waals surface area contributed by atoms with Gasteiger partial charge >= 0.3 is 0 Å². The predicted octanol–water partition coefficient (Wildman–Crippen LogP) is 1.85. The molecule has 2 heterocycles. The molecule has 0 bridgehead atoms. The van der Waals surface area contributed by atoms with E-state index < -0.39 is 0 Å². The van der Waals surface area contributed by atoms with Crippen molar-refractivity contribution in [2.75, 3.05) is 19.8 Å². The lowest BCUT2D eigenvalue weighted by molar-refractivity contribution is 0.170. The van der Waals surface area contributed by atoms with E-state index >= 15 is 0 Å². The normalized spacial score (nSPS) is 22.8. The van der Waals surface area contributed by atoms with Gasteiger partial charge in [-0.3, -0.25) is 0 Å². The predicted molar refractivity (Wildman–Crippen MR) is 68.4 cm³/mol. The molecule has 1 aromatic rings. The second-order valence-corrected chi connectivity index (χ2v) is 4.98. The number of benzene rings is 1. The molecular formula is C14H19NO3. The number of phenolic OH excluding ortho intramolecular Hbond substituents is 1. The summed E-state index contributed by atoms with van der Waals surface area (Å²) < 4.78 is 11.0. The maximum absolute atomic E-state index is 10.0. The molecule has 98 valence electrons. The number of piperidine rings is 1. The van der Waals surface area contributed by atoms with Crippen LogP contribution in [0.4, 0.5) is 0 Å². The average molecular weight is 249 g/mol. The zero-order valence-corrected chi connectivity index (χ0v) is 10.4. The molecular weight excluding hydrogens is 230 g/mol. The van der Waals surface area contributed by atoms with Crippen molar-refractivity contribution in [1.29, 1.82) is 0 Å². The maximum atomic E-state index is 10.0. The summed E-state index contributed by atoms with van der Waals surface area (Å²) in [5, 5.41) is 13.5. The Morgan fingerprint density at radius 1 is 1.17 bits per heavy atom. The third-order valence-corrected chi connectivity index (χ3v) is 3.62. The molecule has 0 saturated carbocycles. The Hall–Kier alpha value is -1.42. The molecule has 0 spiro atoms. The van der Waals surface area contributed by atoms with Crippen LogP contribution in [-0.2, 0) is 6.42 Å². The molecule has 2 aliphatic rings. The molecule has 0 amide bonds. The molecule has 2 N–H and O–H groups in total. The fourth-order valence-electron chi connectivity index (χ4n) is 2.65. The van der Waals surface area contributed by atoms with E-state index in [1.807, 2.05) is 6.07 Å². The standard InChI is InChI=1S/C14H19NO3/c16-12-9-14-13(17-5-6-18-14)8-10(12)7-11-3-1-2-4-15-11/h8-9,11,15-16H,1-7H2. The van der Waals surface area contributed by atoms with Crippen LogP contribution in [0.5, 0.6) is 17.2 Å². The average Bonchev–Trinajstić information content (AvgIpc) is 2.41. The maximum Gasteiger partial charge on any atom is 0.165 e. The third kappa shape index (κ3) is 2.38. The zero-order valence-electron chi connectivity index (χ0n) is 10.4. The summed E-state index contributed by atoms with van der Waals surface area (Å²) in [7, 11) is 0. The summed E-state index contributed by atoms with van der Waals surface area (Å²) in [5.74, 6) is 1.72. The quantitative estimate of drug-likeness (QED) is 0.840. The number of phenols is 1. The largest absolute Gasteiger partial charge is 0.508 e. The lowest BCUT2D eigenvalue weighted by Crippen LogP contribution is -2.35. The molecule has 2 aliphatic heterocycles. The highest BCUT2D eigenvalue weighted by atomic mass is 16.6. The second-order valence-electron chi connectivity index (χ2n) is 4.98. The number of hydrogen-bond donors (Lipinski definition) is 2. The van der Waals surface area contributed by atoms with Gasteiger partial charge in [-0.25, -0.2) is 0 Å². The Morgan fingerprint density at radius 2 is 1.94 bits per heavy atom. The number of aromatic hydroxyl groups is 1. The van der Waals surface area contributed by atoms with E-state index in [1.165, 1.54) is 19.3 Å². The first-order valence-corrected chi connectivity index (χ1v) is 6.68. The molecule has 0 radical (unpaired) electrons. The number of ether oxygens (including phenoxy) is 2. The van der Waals surface area contributed by atoms with Crippen LogP contribution < -0.4 is 14.8 Å². The van der Waals surface area contributed by atoms with Crippen LogP contribution in [0.2, 0.25) is 0 Å². The lowest BCUT2D eigenvalue weighted by Gasteiger charge is -2.25. The van der Waals surface area contributed by atoms with Crippen molar-refractivity contribution in [2.24, 2.45) is 0 Å². The third-order valence-electron chi connectivity index (χ3n) is 3.62. The van der Waals surface area contributed by atoms with E-state index in [0.29, 0.717) is 30.8 Å². The minimum atomic E-state index is 0.312. The van der Waals surface area contributed by atoms with Crippen LogP contribution in [-0.4, -0.2) is 30.9 Å². The van der Waals surface area contributed by atoms with Gasteiger partial charge in [0.05, 0.1) is 0 Å². The zero-order chi connectivity index (χ0) is 12.4. The first kappa shape index (κ1) is 11.7. The van der Waals surface area contributed by atoms with Gasteiger partial charge in [0.25, 0.3) is 0 Å². The van der Waals surface area contributed by atoms with Gasteiger partial charge in [-0.1, -0.05) is 6.42 Å². The van der Waals surface area contributed by atoms with Gasteiger partial charge in [-0.2, -0.15) is 0 Å². The monoisotopic (exact) mass is 249 g/mol. The Labute approximate surface area is 107 Å². The Balaban J connectivity index is 1.78. The fourth-order valence-corrected chi connectivity index (χ4v) is 2.65. The van der Waals surface area contributed by atoms with Gasteiger partial charge < -0.3 is 19.9 Å². The van der Waals surface area contributed by atoms with Crippen molar-refractivity contribution in [3.8, 4) is 17.2 Å². The van der Waals surface area contributed by atoms with E-state index in [0.717, 1.165) is 24.3 Å². The Bertz CT molecular complexity index is 427. The second kappa shape index (κ2) is 5.06. The highest BCUT2D eigenvalue weighted by Crippen LogP contribution is 2.36. The van der Waals surface area contributed by atoms with Crippen molar-refractivity contribution >= 4 is 0 Å². The summed E-state index contributed by atoms with van der Waals surface area (Å²) in [5.41, 5.74) is 0.943. The van der Waals surface area contributed by atoms with Crippen LogP contribution in [0.3, 0.4) is 0 Å². The molecule has 18 heavy (non-hydrogen) atoms. The van der Waals surface area contributed by atoms with Crippen LogP contribution in [0, 0.1) is 0 Å². The number of fused-ring (bicyclic) bond motifs is 1. The van der Waals surface area contributed by atoms with Crippen LogP contribution in [0.25, 0.3) is 0 Å². The minimum Gasteiger partial charge on any atom is -0.508 e. The lowest BCUT2D eigenvalue weighted by atomic mass is 9.97. The van der Waals surface area contributed by atoms with E-state index in [-0.39, 0.29) is 0 Å². The van der Waals surface area contributed by atoms with Gasteiger partial charge in [-0.05, 0) is 37.4 Å². The van der Waals surface area contributed by atoms with Gasteiger partial charge in [-0.15, -0.1) is 0 Å². The topological polar surface area (TPSA) is 50.7 Å². The molecule has 3 rings (SSSR count).